The van der Waals surface area contributed by atoms with Gasteiger partial charge in [-0.25, -0.2) is 13.6 Å². The van der Waals surface area contributed by atoms with Crippen LogP contribution in [0.5, 0.6) is 0 Å². The molecule has 0 bridgehead atoms. The molecule has 0 atom stereocenters. The van der Waals surface area contributed by atoms with E-state index >= 15 is 0 Å². The molecule has 4 rings (SSSR count). The van der Waals surface area contributed by atoms with E-state index in [0.717, 1.165) is 63.0 Å². The second-order valence-corrected chi connectivity index (χ2v) is 8.15. The Morgan fingerprint density at radius 2 is 1.72 bits per heavy atom. The van der Waals surface area contributed by atoms with Gasteiger partial charge in [-0.3, -0.25) is 4.90 Å². The maximum Gasteiger partial charge on any atom is 0.238 e. The Labute approximate surface area is 147 Å². The molecule has 0 saturated carbocycles. The first-order chi connectivity index (χ1) is 12.0. The van der Waals surface area contributed by atoms with Crippen molar-refractivity contribution in [2.24, 2.45) is 5.14 Å². The summed E-state index contributed by atoms with van der Waals surface area (Å²) in [6.07, 6.45) is 2.20. The maximum atomic E-state index is 11.3. The number of hydrogen-bond acceptors (Lipinski definition) is 6. The zero-order valence-corrected chi connectivity index (χ0v) is 14.8. The van der Waals surface area contributed by atoms with E-state index in [4.69, 9.17) is 5.14 Å². The molecule has 3 heterocycles. The van der Waals surface area contributed by atoms with Crippen molar-refractivity contribution in [2.45, 2.75) is 30.8 Å². The molecule has 134 valence electrons. The highest BCUT2D eigenvalue weighted by Gasteiger charge is 2.22. The van der Waals surface area contributed by atoms with Crippen LogP contribution in [0.4, 0.5) is 5.69 Å². The van der Waals surface area contributed by atoms with Crippen LogP contribution in [0.25, 0.3) is 0 Å². The van der Waals surface area contributed by atoms with Crippen LogP contribution in [0.15, 0.2) is 29.2 Å². The van der Waals surface area contributed by atoms with Crippen molar-refractivity contribution in [3.8, 4) is 0 Å². The smallest absolute Gasteiger partial charge is 0.238 e. The zero-order chi connectivity index (χ0) is 17.4. The highest BCUT2D eigenvalue weighted by molar-refractivity contribution is 7.89. The average Bonchev–Trinajstić information content (AvgIpc) is 3.20. The quantitative estimate of drug-likeness (QED) is 0.834. The Hall–Kier alpha value is -1.97. The molecule has 1 saturated heterocycles. The highest BCUT2D eigenvalue weighted by Crippen LogP contribution is 2.20. The van der Waals surface area contributed by atoms with Crippen LogP contribution < -0.4 is 10.0 Å². The van der Waals surface area contributed by atoms with E-state index < -0.39 is 10.0 Å². The van der Waals surface area contributed by atoms with Crippen molar-refractivity contribution >= 4 is 15.7 Å². The summed E-state index contributed by atoms with van der Waals surface area (Å²) < 4.78 is 24.9. The lowest BCUT2D eigenvalue weighted by Gasteiger charge is -2.35. The van der Waals surface area contributed by atoms with Crippen molar-refractivity contribution in [3.63, 3.8) is 0 Å². The van der Waals surface area contributed by atoms with Crippen molar-refractivity contribution in [1.82, 2.24) is 19.7 Å². The molecule has 2 aromatic rings. The van der Waals surface area contributed by atoms with Crippen LogP contribution >= 0.6 is 0 Å². The largest absolute Gasteiger partial charge is 0.369 e. The van der Waals surface area contributed by atoms with Crippen LogP contribution in [0, 0.1) is 0 Å². The molecule has 9 heteroatoms. The van der Waals surface area contributed by atoms with Crippen molar-refractivity contribution in [3.05, 3.63) is 35.9 Å². The summed E-state index contributed by atoms with van der Waals surface area (Å²) in [7, 11) is -3.64. The highest BCUT2D eigenvalue weighted by atomic mass is 32.2. The number of anilines is 1. The molecule has 2 N–H and O–H groups in total. The maximum absolute atomic E-state index is 11.3. The van der Waals surface area contributed by atoms with Gasteiger partial charge in [0.2, 0.25) is 10.0 Å². The number of piperazine rings is 1. The Balaban J connectivity index is 1.36. The third-order valence-electron chi connectivity index (χ3n) is 4.95. The fourth-order valence-corrected chi connectivity index (χ4v) is 4.05. The number of rotatable bonds is 4. The molecule has 0 aliphatic carbocycles. The van der Waals surface area contributed by atoms with Gasteiger partial charge >= 0.3 is 0 Å². The van der Waals surface area contributed by atoms with Gasteiger partial charge < -0.3 is 9.47 Å². The molecule has 8 nitrogen and oxygen atoms in total. The first-order valence-corrected chi connectivity index (χ1v) is 10.1. The van der Waals surface area contributed by atoms with E-state index in [1.165, 1.54) is 6.42 Å². The normalized spacial score (nSPS) is 18.5. The standard InChI is InChI=1S/C16H22N6O2S/c17-25(23,24)14-5-3-13(4-6-14)21-10-8-20(9-11-21)12-16-19-18-15-2-1-7-22(15)16/h3-6H,1-2,7-12H2,(H2,17,23,24). The summed E-state index contributed by atoms with van der Waals surface area (Å²) in [4.78, 5) is 4.80. The van der Waals surface area contributed by atoms with Gasteiger partial charge in [0.15, 0.2) is 0 Å². The molecule has 0 amide bonds. The van der Waals surface area contributed by atoms with E-state index in [2.05, 4.69) is 24.6 Å². The predicted octanol–water partition coefficient (Wildman–Crippen LogP) is 0.194. The van der Waals surface area contributed by atoms with E-state index in [1.54, 1.807) is 12.1 Å². The number of aryl methyl sites for hydroxylation is 1. The lowest BCUT2D eigenvalue weighted by molar-refractivity contribution is 0.240. The molecule has 25 heavy (non-hydrogen) atoms. The summed E-state index contributed by atoms with van der Waals surface area (Å²) >= 11 is 0. The van der Waals surface area contributed by atoms with Crippen LogP contribution in [0.2, 0.25) is 0 Å². The van der Waals surface area contributed by atoms with Gasteiger partial charge in [-0.2, -0.15) is 0 Å². The molecular formula is C16H22N6O2S. The second-order valence-electron chi connectivity index (χ2n) is 6.59. The average molecular weight is 362 g/mol. The number of nitrogens with zero attached hydrogens (tertiary/aromatic N) is 5. The number of primary sulfonamides is 1. The lowest BCUT2D eigenvalue weighted by atomic mass is 10.2. The molecule has 0 unspecified atom stereocenters. The first kappa shape index (κ1) is 16.5. The van der Waals surface area contributed by atoms with Gasteiger partial charge in [0.05, 0.1) is 11.4 Å². The lowest BCUT2D eigenvalue weighted by Crippen LogP contribution is -2.46. The summed E-state index contributed by atoms with van der Waals surface area (Å²) in [5.41, 5.74) is 1.02. The van der Waals surface area contributed by atoms with Crippen LogP contribution in [-0.4, -0.2) is 54.3 Å². The Morgan fingerprint density at radius 1 is 1.00 bits per heavy atom. The number of hydrogen-bond donors (Lipinski definition) is 1. The summed E-state index contributed by atoms with van der Waals surface area (Å²) in [6.45, 7) is 5.56. The van der Waals surface area contributed by atoms with Gasteiger partial charge in [0, 0.05) is 44.8 Å². The van der Waals surface area contributed by atoms with Crippen molar-refractivity contribution in [1.29, 1.82) is 0 Å². The van der Waals surface area contributed by atoms with E-state index in [0.29, 0.717) is 0 Å². The number of nitrogens with two attached hydrogens (primary N) is 1. The van der Waals surface area contributed by atoms with Gasteiger partial charge in [-0.15, -0.1) is 10.2 Å². The van der Waals surface area contributed by atoms with Crippen molar-refractivity contribution < 1.29 is 8.42 Å². The molecule has 0 spiro atoms. The minimum atomic E-state index is -3.64. The Bertz CT molecular complexity index is 853. The Morgan fingerprint density at radius 3 is 2.40 bits per heavy atom. The second kappa shape index (κ2) is 6.40. The van der Waals surface area contributed by atoms with Gasteiger partial charge in [0.25, 0.3) is 0 Å². The number of benzene rings is 1. The fraction of sp³-hybridized carbons (Fsp3) is 0.500. The molecule has 2 aliphatic rings. The van der Waals surface area contributed by atoms with Crippen molar-refractivity contribution in [2.75, 3.05) is 31.1 Å². The fourth-order valence-electron chi connectivity index (χ4n) is 3.54. The van der Waals surface area contributed by atoms with E-state index in [1.807, 2.05) is 12.1 Å². The molecular weight excluding hydrogens is 340 g/mol. The van der Waals surface area contributed by atoms with Gasteiger partial charge in [-0.05, 0) is 30.7 Å². The molecule has 2 aliphatic heterocycles. The topological polar surface area (TPSA) is 97.3 Å². The molecule has 0 radical (unpaired) electrons. The number of sulfonamides is 1. The summed E-state index contributed by atoms with van der Waals surface area (Å²) in [5.74, 6) is 2.18. The van der Waals surface area contributed by atoms with Crippen LogP contribution in [0.3, 0.4) is 0 Å². The summed E-state index contributed by atoms with van der Waals surface area (Å²) in [5, 5.41) is 13.7. The van der Waals surface area contributed by atoms with Crippen LogP contribution in [0.1, 0.15) is 18.1 Å². The predicted molar refractivity (Wildman–Crippen MR) is 93.6 cm³/mol. The number of fused-ring (bicyclic) bond motifs is 1. The zero-order valence-electron chi connectivity index (χ0n) is 14.0. The molecule has 1 aromatic carbocycles. The van der Waals surface area contributed by atoms with Gasteiger partial charge in [-0.1, -0.05) is 0 Å². The third kappa shape index (κ3) is 3.39. The SMILES string of the molecule is NS(=O)(=O)c1ccc(N2CCN(Cc3nnc4n3CCC4)CC2)cc1. The molecule has 1 aromatic heterocycles. The minimum Gasteiger partial charge on any atom is -0.369 e. The van der Waals surface area contributed by atoms with E-state index in [-0.39, 0.29) is 4.90 Å². The Kier molecular flexibility index (Phi) is 4.22. The first-order valence-electron chi connectivity index (χ1n) is 8.52. The number of aromatic nitrogens is 3. The summed E-state index contributed by atoms with van der Waals surface area (Å²) in [6, 6.07) is 6.77. The minimum absolute atomic E-state index is 0.149. The van der Waals surface area contributed by atoms with Gasteiger partial charge in [0.1, 0.15) is 11.6 Å². The van der Waals surface area contributed by atoms with E-state index in [9.17, 15) is 8.42 Å². The monoisotopic (exact) mass is 362 g/mol. The van der Waals surface area contributed by atoms with Crippen LogP contribution in [-0.2, 0) is 29.5 Å². The third-order valence-corrected chi connectivity index (χ3v) is 5.88. The molecule has 1 fully saturated rings.